The van der Waals surface area contributed by atoms with E-state index >= 15 is 0 Å². The molecule has 1 aromatic carbocycles. The summed E-state index contributed by atoms with van der Waals surface area (Å²) in [6.07, 6.45) is 4.56. The molecule has 6 heteroatoms. The van der Waals surface area contributed by atoms with Gasteiger partial charge in [-0.05, 0) is 55.4 Å². The van der Waals surface area contributed by atoms with Gasteiger partial charge in [0.1, 0.15) is 17.1 Å². The number of carbonyl (C=O) groups excluding carboxylic acids is 1. The van der Waals surface area contributed by atoms with Gasteiger partial charge in [-0.2, -0.15) is 0 Å². The topological polar surface area (TPSA) is 84.6 Å². The highest BCUT2D eigenvalue weighted by Gasteiger charge is 2.35. The minimum Gasteiger partial charge on any atom is -0.497 e. The Morgan fingerprint density at radius 3 is 3.04 bits per heavy atom. The van der Waals surface area contributed by atoms with Crippen molar-refractivity contribution in [2.45, 2.75) is 43.6 Å². The number of aromatic nitrogens is 1. The molecule has 2 N–H and O–H groups in total. The van der Waals surface area contributed by atoms with Gasteiger partial charge in [-0.15, -0.1) is 0 Å². The molecule has 0 saturated heterocycles. The smallest absolute Gasteiger partial charge is 0.273 e. The van der Waals surface area contributed by atoms with E-state index in [-0.39, 0.29) is 18.1 Å². The molecule has 1 amide bonds. The van der Waals surface area contributed by atoms with Crippen LogP contribution < -0.4 is 10.1 Å². The molecule has 4 rings (SSSR count). The van der Waals surface area contributed by atoms with E-state index in [9.17, 15) is 9.90 Å². The van der Waals surface area contributed by atoms with Crippen LogP contribution in [0.1, 0.15) is 59.0 Å². The lowest BCUT2D eigenvalue weighted by Gasteiger charge is -2.34. The highest BCUT2D eigenvalue weighted by molar-refractivity contribution is 5.92. The highest BCUT2D eigenvalue weighted by Crippen LogP contribution is 2.40. The molecule has 6 nitrogen and oxygen atoms in total. The van der Waals surface area contributed by atoms with Gasteiger partial charge in [-0.25, -0.2) is 0 Å². The van der Waals surface area contributed by atoms with E-state index in [1.54, 1.807) is 13.2 Å². The maximum absolute atomic E-state index is 12.3. The fourth-order valence-corrected chi connectivity index (χ4v) is 3.52. The van der Waals surface area contributed by atoms with Gasteiger partial charge in [0.25, 0.3) is 5.91 Å². The zero-order valence-corrected chi connectivity index (χ0v) is 14.2. The van der Waals surface area contributed by atoms with Crippen LogP contribution in [0.15, 0.2) is 28.8 Å². The summed E-state index contributed by atoms with van der Waals surface area (Å²) in [4.78, 5) is 12.3. The molecular weight excluding hydrogens is 320 g/mol. The van der Waals surface area contributed by atoms with Gasteiger partial charge in [-0.1, -0.05) is 11.2 Å². The number of nitrogens with zero attached hydrogens (tertiary/aromatic N) is 1. The Balaban J connectivity index is 1.47. The average molecular weight is 342 g/mol. The molecule has 1 heterocycles. The van der Waals surface area contributed by atoms with Crippen molar-refractivity contribution in [2.24, 2.45) is 0 Å². The molecule has 0 bridgehead atoms. The molecule has 132 valence electrons. The van der Waals surface area contributed by atoms with Crippen molar-refractivity contribution in [1.29, 1.82) is 0 Å². The molecule has 1 saturated carbocycles. The highest BCUT2D eigenvalue weighted by atomic mass is 16.5. The minimum atomic E-state index is -1.07. The first kappa shape index (κ1) is 16.1. The van der Waals surface area contributed by atoms with E-state index in [1.807, 2.05) is 18.2 Å². The summed E-state index contributed by atoms with van der Waals surface area (Å²) >= 11 is 0. The molecule has 2 aliphatic rings. The molecule has 1 unspecified atom stereocenters. The monoisotopic (exact) mass is 342 g/mol. The molecule has 1 fully saturated rings. The molecule has 25 heavy (non-hydrogen) atoms. The van der Waals surface area contributed by atoms with E-state index in [0.29, 0.717) is 12.3 Å². The quantitative estimate of drug-likeness (QED) is 0.872. The Hall–Kier alpha value is -2.34. The number of rotatable bonds is 5. The SMILES string of the molecule is COc1ccc2c(c1)CCCC2(O)CNC(=O)c1cc(C2CC2)on1. The molecule has 0 radical (unpaired) electrons. The second-order valence-electron chi connectivity index (χ2n) is 6.98. The molecule has 0 aliphatic heterocycles. The van der Waals surface area contributed by atoms with Gasteiger partial charge in [0.05, 0.1) is 13.7 Å². The molecule has 2 aromatic rings. The second-order valence-corrected chi connectivity index (χ2v) is 6.98. The van der Waals surface area contributed by atoms with Crippen molar-refractivity contribution >= 4 is 5.91 Å². The number of aryl methyl sites for hydroxylation is 1. The van der Waals surface area contributed by atoms with Crippen molar-refractivity contribution in [3.8, 4) is 5.75 Å². The average Bonchev–Trinajstić information content (AvgIpc) is 3.36. The van der Waals surface area contributed by atoms with Crippen LogP contribution in [0.3, 0.4) is 0 Å². The Kier molecular flexibility index (Phi) is 4.00. The van der Waals surface area contributed by atoms with E-state index in [1.165, 1.54) is 0 Å². The third-order valence-corrected chi connectivity index (χ3v) is 5.13. The number of fused-ring (bicyclic) bond motifs is 1. The number of amides is 1. The number of methoxy groups -OCH3 is 1. The lowest BCUT2D eigenvalue weighted by molar-refractivity contribution is 0.0188. The Morgan fingerprint density at radius 2 is 2.28 bits per heavy atom. The van der Waals surface area contributed by atoms with Crippen LogP contribution in [0.25, 0.3) is 0 Å². The van der Waals surface area contributed by atoms with Gasteiger partial charge >= 0.3 is 0 Å². The Morgan fingerprint density at radius 1 is 1.44 bits per heavy atom. The van der Waals surface area contributed by atoms with E-state index in [2.05, 4.69) is 10.5 Å². The zero-order chi connectivity index (χ0) is 17.4. The van der Waals surface area contributed by atoms with Crippen molar-refractivity contribution < 1.29 is 19.2 Å². The fraction of sp³-hybridized carbons (Fsp3) is 0.474. The summed E-state index contributed by atoms with van der Waals surface area (Å²) in [7, 11) is 1.63. The lowest BCUT2D eigenvalue weighted by atomic mass is 9.79. The third-order valence-electron chi connectivity index (χ3n) is 5.13. The largest absolute Gasteiger partial charge is 0.497 e. The van der Waals surface area contributed by atoms with Crippen LogP contribution in [0.4, 0.5) is 0 Å². The Bertz CT molecular complexity index is 796. The van der Waals surface area contributed by atoms with Crippen LogP contribution in [-0.2, 0) is 12.0 Å². The standard InChI is InChI=1S/C19H22N2O4/c1-24-14-6-7-15-13(9-14)3-2-8-19(15,23)11-20-18(22)16-10-17(25-21-16)12-4-5-12/h6-7,9-10,12,23H,2-5,8,11H2,1H3,(H,20,22). The predicted molar refractivity (Wildman–Crippen MR) is 90.6 cm³/mol. The number of carbonyl (C=O) groups is 1. The van der Waals surface area contributed by atoms with Crippen LogP contribution in [0.5, 0.6) is 5.75 Å². The number of aliphatic hydroxyl groups is 1. The normalized spacial score (nSPS) is 22.3. The number of hydrogen-bond acceptors (Lipinski definition) is 5. The molecular formula is C19H22N2O4. The lowest BCUT2D eigenvalue weighted by Crippen LogP contribution is -2.43. The number of hydrogen-bond donors (Lipinski definition) is 2. The van der Waals surface area contributed by atoms with E-state index < -0.39 is 5.60 Å². The molecule has 2 aliphatic carbocycles. The summed E-state index contributed by atoms with van der Waals surface area (Å²) in [5.41, 5.74) is 1.13. The van der Waals surface area contributed by atoms with E-state index in [4.69, 9.17) is 9.26 Å². The fourth-order valence-electron chi connectivity index (χ4n) is 3.52. The first-order valence-electron chi connectivity index (χ1n) is 8.74. The first-order chi connectivity index (χ1) is 12.1. The number of nitrogens with one attached hydrogen (secondary N) is 1. The van der Waals surface area contributed by atoms with Gasteiger partial charge in [0.2, 0.25) is 0 Å². The summed E-state index contributed by atoms with van der Waals surface area (Å²) in [6, 6.07) is 7.40. The van der Waals surface area contributed by atoms with E-state index in [0.717, 1.165) is 48.3 Å². The maximum atomic E-state index is 12.3. The second kappa shape index (κ2) is 6.19. The third kappa shape index (κ3) is 3.14. The van der Waals surface area contributed by atoms with Crippen LogP contribution in [-0.4, -0.2) is 29.8 Å². The van der Waals surface area contributed by atoms with Gasteiger partial charge < -0.3 is 19.7 Å². The molecule has 1 atom stereocenters. The number of benzene rings is 1. The van der Waals surface area contributed by atoms with Crippen LogP contribution in [0.2, 0.25) is 0 Å². The number of ether oxygens (including phenoxy) is 1. The van der Waals surface area contributed by atoms with Crippen molar-refractivity contribution in [3.63, 3.8) is 0 Å². The van der Waals surface area contributed by atoms with Gasteiger partial charge in [0, 0.05) is 12.0 Å². The molecule has 1 aromatic heterocycles. The predicted octanol–water partition coefficient (Wildman–Crippen LogP) is 2.51. The zero-order valence-electron chi connectivity index (χ0n) is 14.2. The van der Waals surface area contributed by atoms with Crippen LogP contribution >= 0.6 is 0 Å². The van der Waals surface area contributed by atoms with Crippen molar-refractivity contribution in [1.82, 2.24) is 10.5 Å². The van der Waals surface area contributed by atoms with Gasteiger partial charge in [0.15, 0.2) is 5.69 Å². The van der Waals surface area contributed by atoms with Crippen molar-refractivity contribution in [2.75, 3.05) is 13.7 Å². The van der Waals surface area contributed by atoms with Crippen LogP contribution in [0, 0.1) is 0 Å². The summed E-state index contributed by atoms with van der Waals surface area (Å²) < 4.78 is 10.5. The Labute approximate surface area is 146 Å². The maximum Gasteiger partial charge on any atom is 0.273 e. The first-order valence-corrected chi connectivity index (χ1v) is 8.74. The minimum absolute atomic E-state index is 0.150. The molecule has 0 spiro atoms. The van der Waals surface area contributed by atoms with Crippen molar-refractivity contribution in [3.05, 3.63) is 46.8 Å². The summed E-state index contributed by atoms with van der Waals surface area (Å²) in [5, 5.41) is 17.7. The summed E-state index contributed by atoms with van der Waals surface area (Å²) in [5.74, 6) is 1.66. The summed E-state index contributed by atoms with van der Waals surface area (Å²) in [6.45, 7) is 0.150. The van der Waals surface area contributed by atoms with Gasteiger partial charge in [-0.3, -0.25) is 4.79 Å².